The van der Waals surface area contributed by atoms with Crippen LogP contribution in [-0.4, -0.2) is 34.4 Å². The van der Waals surface area contributed by atoms with E-state index in [2.05, 4.69) is 25.7 Å². The number of aromatic hydroxyl groups is 1. The molecule has 0 amide bonds. The molecule has 0 bridgehead atoms. The maximum atomic E-state index is 12.3. The molecule has 118 valence electrons. The number of benzene rings is 1. The summed E-state index contributed by atoms with van der Waals surface area (Å²) in [4.78, 5) is 14.5. The SMILES string of the molecule is CC(C)(C)C(=O)CN(CCc1ccc(O)cc1)C(C)(C)C. The number of rotatable bonds is 5. The summed E-state index contributed by atoms with van der Waals surface area (Å²) in [5.41, 5.74) is 0.824. The van der Waals surface area contributed by atoms with Crippen LogP contribution in [-0.2, 0) is 11.2 Å². The number of ketones is 1. The molecule has 0 heterocycles. The minimum Gasteiger partial charge on any atom is -0.508 e. The van der Waals surface area contributed by atoms with Gasteiger partial charge in [0.15, 0.2) is 5.78 Å². The topological polar surface area (TPSA) is 40.5 Å². The van der Waals surface area contributed by atoms with E-state index in [0.29, 0.717) is 6.54 Å². The molecule has 21 heavy (non-hydrogen) atoms. The molecule has 0 spiro atoms. The molecule has 0 radical (unpaired) electrons. The van der Waals surface area contributed by atoms with Gasteiger partial charge in [0.25, 0.3) is 0 Å². The van der Waals surface area contributed by atoms with Crippen LogP contribution < -0.4 is 0 Å². The van der Waals surface area contributed by atoms with E-state index >= 15 is 0 Å². The van der Waals surface area contributed by atoms with Gasteiger partial charge >= 0.3 is 0 Å². The second-order valence-electron chi connectivity index (χ2n) is 7.68. The Hall–Kier alpha value is -1.35. The Morgan fingerprint density at radius 3 is 2.00 bits per heavy atom. The quantitative estimate of drug-likeness (QED) is 0.900. The van der Waals surface area contributed by atoms with Crippen LogP contribution in [0.2, 0.25) is 0 Å². The highest BCUT2D eigenvalue weighted by molar-refractivity contribution is 5.85. The zero-order valence-electron chi connectivity index (χ0n) is 14.2. The van der Waals surface area contributed by atoms with Crippen LogP contribution in [0.15, 0.2) is 24.3 Å². The van der Waals surface area contributed by atoms with Gasteiger partial charge in [0.05, 0.1) is 6.54 Å². The number of hydrogen-bond donors (Lipinski definition) is 1. The Labute approximate surface area is 129 Å². The maximum absolute atomic E-state index is 12.3. The zero-order chi connectivity index (χ0) is 16.3. The molecule has 0 saturated heterocycles. The van der Waals surface area contributed by atoms with Gasteiger partial charge in [-0.15, -0.1) is 0 Å². The Morgan fingerprint density at radius 2 is 1.57 bits per heavy atom. The molecule has 0 atom stereocenters. The van der Waals surface area contributed by atoms with Gasteiger partial charge < -0.3 is 5.11 Å². The number of hydrogen-bond acceptors (Lipinski definition) is 3. The summed E-state index contributed by atoms with van der Waals surface area (Å²) >= 11 is 0. The van der Waals surface area contributed by atoms with E-state index in [-0.39, 0.29) is 22.5 Å². The van der Waals surface area contributed by atoms with E-state index < -0.39 is 0 Å². The molecule has 0 aromatic heterocycles. The molecule has 0 aliphatic rings. The van der Waals surface area contributed by atoms with E-state index in [4.69, 9.17) is 0 Å². The molecule has 3 nitrogen and oxygen atoms in total. The van der Waals surface area contributed by atoms with Crippen molar-refractivity contribution in [2.45, 2.75) is 53.5 Å². The molecule has 1 N–H and O–H groups in total. The predicted molar refractivity (Wildman–Crippen MR) is 87.6 cm³/mol. The van der Waals surface area contributed by atoms with Crippen LogP contribution in [0.5, 0.6) is 5.75 Å². The molecular weight excluding hydrogens is 262 g/mol. The number of phenolic OH excluding ortho intramolecular Hbond substituents is 1. The van der Waals surface area contributed by atoms with Crippen molar-refractivity contribution in [3.8, 4) is 5.75 Å². The minimum absolute atomic E-state index is 0.0438. The molecule has 1 rings (SSSR count). The van der Waals surface area contributed by atoms with Crippen LogP contribution in [0.3, 0.4) is 0 Å². The lowest BCUT2D eigenvalue weighted by atomic mass is 9.89. The fraction of sp³-hybridized carbons (Fsp3) is 0.611. The summed E-state index contributed by atoms with van der Waals surface area (Å²) in [6.07, 6.45) is 0.870. The van der Waals surface area contributed by atoms with Gasteiger partial charge in [-0.2, -0.15) is 0 Å². The summed E-state index contributed by atoms with van der Waals surface area (Å²) in [7, 11) is 0. The number of carbonyl (C=O) groups excluding carboxylic acids is 1. The van der Waals surface area contributed by atoms with Gasteiger partial charge in [0.1, 0.15) is 5.75 Å². The number of carbonyl (C=O) groups is 1. The van der Waals surface area contributed by atoms with E-state index in [9.17, 15) is 9.90 Å². The second kappa shape index (κ2) is 6.61. The van der Waals surface area contributed by atoms with Crippen LogP contribution in [0, 0.1) is 5.41 Å². The Morgan fingerprint density at radius 1 is 1.05 bits per heavy atom. The average Bonchev–Trinajstić information content (AvgIpc) is 2.33. The lowest BCUT2D eigenvalue weighted by Gasteiger charge is -2.36. The summed E-state index contributed by atoms with van der Waals surface area (Å²) in [5, 5.41) is 9.32. The predicted octanol–water partition coefficient (Wildman–Crippen LogP) is 3.65. The summed E-state index contributed by atoms with van der Waals surface area (Å²) in [5.74, 6) is 0.553. The molecule has 1 aromatic rings. The molecule has 0 unspecified atom stereocenters. The van der Waals surface area contributed by atoms with Crippen LogP contribution in [0.1, 0.15) is 47.1 Å². The maximum Gasteiger partial charge on any atom is 0.152 e. The lowest BCUT2D eigenvalue weighted by molar-refractivity contribution is -0.128. The van der Waals surface area contributed by atoms with Crippen molar-refractivity contribution in [3.05, 3.63) is 29.8 Å². The van der Waals surface area contributed by atoms with Crippen molar-refractivity contribution >= 4 is 5.78 Å². The van der Waals surface area contributed by atoms with E-state index in [1.54, 1.807) is 12.1 Å². The van der Waals surface area contributed by atoms with E-state index in [0.717, 1.165) is 13.0 Å². The van der Waals surface area contributed by atoms with E-state index in [1.165, 1.54) is 5.56 Å². The standard InChI is InChI=1S/C18H29NO2/c1-17(2,3)16(21)13-19(18(4,5)6)12-11-14-7-9-15(20)10-8-14/h7-10,20H,11-13H2,1-6H3. The normalized spacial score (nSPS) is 12.7. The van der Waals surface area contributed by atoms with Crippen molar-refractivity contribution in [2.75, 3.05) is 13.1 Å². The molecule has 1 aromatic carbocycles. The van der Waals surface area contributed by atoms with Crippen LogP contribution >= 0.6 is 0 Å². The first-order valence-corrected chi connectivity index (χ1v) is 7.56. The second-order valence-corrected chi connectivity index (χ2v) is 7.68. The molecule has 3 heteroatoms. The number of phenols is 1. The summed E-state index contributed by atoms with van der Waals surface area (Å²) in [6.45, 7) is 13.6. The Balaban J connectivity index is 2.71. The van der Waals surface area contributed by atoms with Crippen molar-refractivity contribution in [2.24, 2.45) is 5.41 Å². The summed E-state index contributed by atoms with van der Waals surface area (Å²) < 4.78 is 0. The fourth-order valence-electron chi connectivity index (χ4n) is 1.99. The van der Waals surface area contributed by atoms with Gasteiger partial charge in [-0.25, -0.2) is 0 Å². The highest BCUT2D eigenvalue weighted by atomic mass is 16.3. The molecule has 0 aliphatic heterocycles. The van der Waals surface area contributed by atoms with Crippen molar-refractivity contribution < 1.29 is 9.90 Å². The monoisotopic (exact) mass is 291 g/mol. The van der Waals surface area contributed by atoms with Gasteiger partial charge in [-0.3, -0.25) is 9.69 Å². The Bertz CT molecular complexity index is 463. The average molecular weight is 291 g/mol. The van der Waals surface area contributed by atoms with Crippen molar-refractivity contribution in [3.63, 3.8) is 0 Å². The first kappa shape index (κ1) is 17.7. The number of Topliss-reactive ketones (excluding diaryl/α,β-unsaturated/α-hetero) is 1. The first-order chi connectivity index (χ1) is 9.50. The Kier molecular flexibility index (Phi) is 5.57. The van der Waals surface area contributed by atoms with Gasteiger partial charge in [0.2, 0.25) is 0 Å². The third kappa shape index (κ3) is 5.88. The van der Waals surface area contributed by atoms with Gasteiger partial charge in [-0.1, -0.05) is 32.9 Å². The third-order valence-electron chi connectivity index (χ3n) is 3.73. The highest BCUT2D eigenvalue weighted by Gasteiger charge is 2.28. The smallest absolute Gasteiger partial charge is 0.152 e. The van der Waals surface area contributed by atoms with Crippen molar-refractivity contribution in [1.29, 1.82) is 0 Å². The minimum atomic E-state index is -0.304. The number of nitrogens with zero attached hydrogens (tertiary/aromatic N) is 1. The van der Waals surface area contributed by atoms with Gasteiger partial charge in [-0.05, 0) is 44.9 Å². The van der Waals surface area contributed by atoms with E-state index in [1.807, 2.05) is 32.9 Å². The van der Waals surface area contributed by atoms with Crippen LogP contribution in [0.25, 0.3) is 0 Å². The third-order valence-corrected chi connectivity index (χ3v) is 3.73. The molecule has 0 saturated carbocycles. The molecule has 0 fully saturated rings. The van der Waals surface area contributed by atoms with Gasteiger partial charge in [0, 0.05) is 17.5 Å². The zero-order valence-corrected chi connectivity index (χ0v) is 14.2. The van der Waals surface area contributed by atoms with Crippen LogP contribution in [0.4, 0.5) is 0 Å². The largest absolute Gasteiger partial charge is 0.508 e. The summed E-state index contributed by atoms with van der Waals surface area (Å²) in [6, 6.07) is 7.28. The fourth-order valence-corrected chi connectivity index (χ4v) is 1.99. The lowest BCUT2D eigenvalue weighted by Crippen LogP contribution is -2.47. The highest BCUT2D eigenvalue weighted by Crippen LogP contribution is 2.20. The molecular formula is C18H29NO2. The molecule has 0 aliphatic carbocycles. The first-order valence-electron chi connectivity index (χ1n) is 7.56. The van der Waals surface area contributed by atoms with Crippen molar-refractivity contribution in [1.82, 2.24) is 4.90 Å².